The fourth-order valence-corrected chi connectivity index (χ4v) is 4.32. The molecule has 2 aromatic carbocycles. The molecule has 0 saturated heterocycles. The van der Waals surface area contributed by atoms with E-state index in [2.05, 4.69) is 13.5 Å². The third-order valence-corrected chi connectivity index (χ3v) is 7.30. The van der Waals surface area contributed by atoms with Crippen LogP contribution < -0.4 is 9.47 Å². The number of carbonyl (C=O) groups is 3. The predicted octanol–water partition coefficient (Wildman–Crippen LogP) is 8.90. The molecule has 2 aromatic rings. The fraction of sp³-hybridized carbons (Fsp3) is 0.528. The molecule has 1 atom stereocenters. The number of unbranched alkanes of at least 4 members (excludes halogenated alkanes) is 11. The molecular weight excluding hydrogens is 544 g/mol. The summed E-state index contributed by atoms with van der Waals surface area (Å²) in [6.45, 7) is 9.01. The van der Waals surface area contributed by atoms with Crippen molar-refractivity contribution in [2.75, 3.05) is 19.8 Å². The number of esters is 3. The van der Waals surface area contributed by atoms with Gasteiger partial charge in [-0.3, -0.25) is 0 Å². The summed E-state index contributed by atoms with van der Waals surface area (Å²) in [4.78, 5) is 35.6. The number of rotatable bonds is 23. The van der Waals surface area contributed by atoms with Crippen LogP contribution >= 0.6 is 0 Å². The van der Waals surface area contributed by atoms with Gasteiger partial charge in [-0.25, -0.2) is 14.4 Å². The number of hydrogen-bond donors (Lipinski definition) is 0. The zero-order valence-corrected chi connectivity index (χ0v) is 26.2. The molecule has 0 amide bonds. The van der Waals surface area contributed by atoms with Gasteiger partial charge in [-0.05, 0) is 67.3 Å². The quantitative estimate of drug-likeness (QED) is 0.0549. The molecule has 0 aliphatic heterocycles. The van der Waals surface area contributed by atoms with Crippen LogP contribution in [0.15, 0.2) is 61.2 Å². The molecule has 0 aliphatic carbocycles. The van der Waals surface area contributed by atoms with E-state index in [1.165, 1.54) is 57.4 Å². The maximum atomic E-state index is 12.5. The van der Waals surface area contributed by atoms with Crippen LogP contribution in [-0.4, -0.2) is 37.7 Å². The Morgan fingerprint density at radius 2 is 1.12 bits per heavy atom. The van der Waals surface area contributed by atoms with Crippen LogP contribution in [0.3, 0.4) is 0 Å². The first kappa shape index (κ1) is 35.6. The average Bonchev–Trinajstić information content (AvgIpc) is 3.03. The Morgan fingerprint density at radius 3 is 1.63 bits per heavy atom. The van der Waals surface area contributed by atoms with Crippen LogP contribution in [0.25, 0.3) is 0 Å². The largest absolute Gasteiger partial charge is 0.494 e. The summed E-state index contributed by atoms with van der Waals surface area (Å²) < 4.78 is 21.6. The number of hydrogen-bond acceptors (Lipinski definition) is 7. The molecule has 7 nitrogen and oxygen atoms in total. The highest BCUT2D eigenvalue weighted by Gasteiger charge is 2.12. The van der Waals surface area contributed by atoms with Gasteiger partial charge in [-0.15, -0.1) is 0 Å². The van der Waals surface area contributed by atoms with Gasteiger partial charge in [0.05, 0.1) is 30.9 Å². The summed E-state index contributed by atoms with van der Waals surface area (Å²) in [5.74, 6) is 0.220. The van der Waals surface area contributed by atoms with Crippen LogP contribution in [0.2, 0.25) is 0 Å². The minimum absolute atomic E-state index is 0.315. The summed E-state index contributed by atoms with van der Waals surface area (Å²) >= 11 is 0. The predicted molar refractivity (Wildman–Crippen MR) is 170 cm³/mol. The third kappa shape index (κ3) is 16.0. The molecule has 0 aliphatic rings. The molecule has 43 heavy (non-hydrogen) atoms. The molecule has 0 fully saturated rings. The van der Waals surface area contributed by atoms with E-state index >= 15 is 0 Å². The van der Waals surface area contributed by atoms with Crippen LogP contribution in [0.4, 0.5) is 0 Å². The summed E-state index contributed by atoms with van der Waals surface area (Å²) in [5.41, 5.74) is 0.849. The van der Waals surface area contributed by atoms with Crippen molar-refractivity contribution in [3.63, 3.8) is 0 Å². The van der Waals surface area contributed by atoms with Gasteiger partial charge in [0.15, 0.2) is 0 Å². The summed E-state index contributed by atoms with van der Waals surface area (Å²) in [5, 5.41) is 0. The molecule has 236 valence electrons. The van der Waals surface area contributed by atoms with Crippen molar-refractivity contribution in [3.8, 4) is 11.5 Å². The second kappa shape index (κ2) is 22.0. The molecule has 0 saturated carbocycles. The van der Waals surface area contributed by atoms with E-state index in [9.17, 15) is 14.4 Å². The molecule has 0 radical (unpaired) electrons. The van der Waals surface area contributed by atoms with Gasteiger partial charge in [0, 0.05) is 6.08 Å². The van der Waals surface area contributed by atoms with Crippen molar-refractivity contribution >= 4 is 17.9 Å². The van der Waals surface area contributed by atoms with Crippen molar-refractivity contribution in [2.45, 2.75) is 97.3 Å². The highest BCUT2D eigenvalue weighted by Crippen LogP contribution is 2.18. The molecule has 0 spiro atoms. The minimum Gasteiger partial charge on any atom is -0.494 e. The highest BCUT2D eigenvalue weighted by molar-refractivity contribution is 5.92. The van der Waals surface area contributed by atoms with E-state index in [0.717, 1.165) is 37.9 Å². The summed E-state index contributed by atoms with van der Waals surface area (Å²) in [6, 6.07) is 13.3. The van der Waals surface area contributed by atoms with E-state index in [1.807, 2.05) is 6.92 Å². The molecule has 0 bridgehead atoms. The Balaban J connectivity index is 1.49. The van der Waals surface area contributed by atoms with Gasteiger partial charge < -0.3 is 18.9 Å². The van der Waals surface area contributed by atoms with Crippen LogP contribution in [0.1, 0.15) is 118 Å². The van der Waals surface area contributed by atoms with Crippen molar-refractivity contribution in [2.24, 2.45) is 5.92 Å². The van der Waals surface area contributed by atoms with Gasteiger partial charge in [0.25, 0.3) is 0 Å². The number of carbonyl (C=O) groups excluding carboxylic acids is 3. The Hall–Kier alpha value is -3.61. The number of ether oxygens (including phenoxy) is 4. The van der Waals surface area contributed by atoms with Crippen LogP contribution in [0.5, 0.6) is 11.5 Å². The molecule has 1 unspecified atom stereocenters. The smallest absolute Gasteiger partial charge is 0.343 e. The van der Waals surface area contributed by atoms with Gasteiger partial charge in [-0.2, -0.15) is 0 Å². The second-order valence-corrected chi connectivity index (χ2v) is 11.0. The first-order valence-corrected chi connectivity index (χ1v) is 15.9. The van der Waals surface area contributed by atoms with Gasteiger partial charge >= 0.3 is 17.9 Å². The van der Waals surface area contributed by atoms with Crippen LogP contribution in [0, 0.1) is 5.92 Å². The highest BCUT2D eigenvalue weighted by atomic mass is 16.5. The van der Waals surface area contributed by atoms with Crippen molar-refractivity contribution in [1.29, 1.82) is 0 Å². The topological polar surface area (TPSA) is 88.1 Å². The molecule has 0 N–H and O–H groups in total. The Labute approximate surface area is 257 Å². The van der Waals surface area contributed by atoms with Gasteiger partial charge in [-0.1, -0.05) is 91.1 Å². The maximum Gasteiger partial charge on any atom is 0.343 e. The van der Waals surface area contributed by atoms with Gasteiger partial charge in [0.1, 0.15) is 11.5 Å². The van der Waals surface area contributed by atoms with E-state index < -0.39 is 5.97 Å². The molecule has 2 rings (SSSR count). The van der Waals surface area contributed by atoms with E-state index in [0.29, 0.717) is 42.6 Å². The first-order chi connectivity index (χ1) is 20.9. The molecule has 0 heterocycles. The Morgan fingerprint density at radius 1 is 0.651 bits per heavy atom. The molecular formula is C36H50O7. The molecule has 0 aromatic heterocycles. The van der Waals surface area contributed by atoms with Crippen molar-refractivity contribution in [3.05, 3.63) is 72.3 Å². The zero-order valence-electron chi connectivity index (χ0n) is 26.2. The standard InChI is InChI=1S/C36H50O7/c1-4-29(3)28-42-35(38)30-20-24-33(25-21-30)43-36(39)31-18-22-32(23-19-31)40-26-16-14-12-10-8-6-7-9-11-13-15-17-27-41-34(37)5-2/h5,18-25,29H,2,4,6-17,26-28H2,1,3H3. The average molecular weight is 595 g/mol. The lowest BCUT2D eigenvalue weighted by Crippen LogP contribution is -2.12. The van der Waals surface area contributed by atoms with Crippen molar-refractivity contribution < 1.29 is 33.3 Å². The summed E-state index contributed by atoms with van der Waals surface area (Å²) in [7, 11) is 0. The maximum absolute atomic E-state index is 12.5. The van der Waals surface area contributed by atoms with E-state index in [4.69, 9.17) is 18.9 Å². The lowest BCUT2D eigenvalue weighted by molar-refractivity contribution is -0.137. The SMILES string of the molecule is C=CC(=O)OCCCCCCCCCCCCCCOc1ccc(C(=O)Oc2ccc(C(=O)OCC(C)CC)cc2)cc1. The first-order valence-electron chi connectivity index (χ1n) is 15.9. The number of benzene rings is 2. The second-order valence-electron chi connectivity index (χ2n) is 11.0. The molecule has 7 heteroatoms. The fourth-order valence-electron chi connectivity index (χ4n) is 4.32. The summed E-state index contributed by atoms with van der Waals surface area (Å²) in [6.07, 6.45) is 16.4. The Bertz CT molecular complexity index is 1080. The lowest BCUT2D eigenvalue weighted by atomic mass is 10.1. The Kier molecular flexibility index (Phi) is 18.2. The normalized spacial score (nSPS) is 11.4. The lowest BCUT2D eigenvalue weighted by Gasteiger charge is -2.10. The van der Waals surface area contributed by atoms with E-state index in [1.54, 1.807) is 48.5 Å². The van der Waals surface area contributed by atoms with Crippen LogP contribution in [-0.2, 0) is 14.3 Å². The monoisotopic (exact) mass is 594 g/mol. The van der Waals surface area contributed by atoms with E-state index in [-0.39, 0.29) is 11.9 Å². The third-order valence-electron chi connectivity index (χ3n) is 7.30. The minimum atomic E-state index is -0.470. The van der Waals surface area contributed by atoms with Crippen molar-refractivity contribution in [1.82, 2.24) is 0 Å². The zero-order chi connectivity index (χ0) is 31.1. The van der Waals surface area contributed by atoms with Gasteiger partial charge in [0.2, 0.25) is 0 Å².